The number of aryl methyl sites for hydroxylation is 1. The number of aromatic amines is 1. The van der Waals surface area contributed by atoms with Gasteiger partial charge in [0.15, 0.2) is 0 Å². The zero-order valence-corrected chi connectivity index (χ0v) is 12.0. The van der Waals surface area contributed by atoms with Gasteiger partial charge in [-0.1, -0.05) is 13.8 Å². The molecule has 4 heteroatoms. The van der Waals surface area contributed by atoms with Crippen LogP contribution in [0, 0.1) is 18.8 Å². The van der Waals surface area contributed by atoms with Gasteiger partial charge in [-0.2, -0.15) is 5.10 Å². The lowest BCUT2D eigenvalue weighted by Crippen LogP contribution is -2.27. The van der Waals surface area contributed by atoms with E-state index in [0.717, 1.165) is 25.1 Å². The Morgan fingerprint density at radius 2 is 2.11 bits per heavy atom. The van der Waals surface area contributed by atoms with Gasteiger partial charge in [-0.05, 0) is 45.1 Å². The summed E-state index contributed by atoms with van der Waals surface area (Å²) in [7, 11) is 0. The van der Waals surface area contributed by atoms with Crippen molar-refractivity contribution < 1.29 is 5.11 Å². The van der Waals surface area contributed by atoms with Crippen LogP contribution in [-0.4, -0.2) is 28.5 Å². The van der Waals surface area contributed by atoms with E-state index in [1.807, 2.05) is 13.1 Å². The van der Waals surface area contributed by atoms with Crippen LogP contribution in [-0.2, 0) is 0 Å². The molecule has 4 nitrogen and oxygen atoms in total. The molecule has 2 atom stereocenters. The lowest BCUT2D eigenvalue weighted by molar-refractivity contribution is 0.237. The van der Waals surface area contributed by atoms with Gasteiger partial charge >= 0.3 is 0 Å². The number of hydrogen-bond donors (Lipinski definition) is 3. The molecule has 1 aromatic heterocycles. The Labute approximate surface area is 110 Å². The Kier molecular flexibility index (Phi) is 6.36. The Hall–Kier alpha value is -0.870. The normalized spacial score (nSPS) is 15.0. The molecular formula is C14H27N3O. The smallest absolute Gasteiger partial charge is 0.0537 e. The summed E-state index contributed by atoms with van der Waals surface area (Å²) >= 11 is 0. The fourth-order valence-electron chi connectivity index (χ4n) is 2.40. The van der Waals surface area contributed by atoms with Gasteiger partial charge in [0.2, 0.25) is 0 Å². The highest BCUT2D eigenvalue weighted by molar-refractivity contribution is 5.18. The molecule has 0 spiro atoms. The maximum atomic E-state index is 9.10. The average Bonchev–Trinajstić information content (AvgIpc) is 2.71. The second-order valence-electron chi connectivity index (χ2n) is 5.59. The first-order chi connectivity index (χ1) is 8.54. The van der Waals surface area contributed by atoms with Crippen molar-refractivity contribution in [2.45, 2.75) is 46.6 Å². The number of H-pyrrole nitrogens is 1. The Bertz CT molecular complexity index is 336. The SMILES string of the molecule is Cc1[nH]ncc1C(C)NCC(CCO)CC(C)C. The molecule has 3 N–H and O–H groups in total. The minimum Gasteiger partial charge on any atom is -0.396 e. The van der Waals surface area contributed by atoms with Crippen molar-refractivity contribution in [1.29, 1.82) is 0 Å². The van der Waals surface area contributed by atoms with Crippen molar-refractivity contribution in [3.05, 3.63) is 17.5 Å². The average molecular weight is 253 g/mol. The van der Waals surface area contributed by atoms with E-state index in [-0.39, 0.29) is 6.61 Å². The first kappa shape index (κ1) is 15.2. The number of nitrogens with zero attached hydrogens (tertiary/aromatic N) is 1. The summed E-state index contributed by atoms with van der Waals surface area (Å²) in [6, 6.07) is 0.303. The van der Waals surface area contributed by atoms with Crippen molar-refractivity contribution in [1.82, 2.24) is 15.5 Å². The fourth-order valence-corrected chi connectivity index (χ4v) is 2.40. The van der Waals surface area contributed by atoms with Gasteiger partial charge < -0.3 is 10.4 Å². The van der Waals surface area contributed by atoms with Crippen LogP contribution in [0.5, 0.6) is 0 Å². The molecule has 1 rings (SSSR count). The summed E-state index contributed by atoms with van der Waals surface area (Å²) in [5.74, 6) is 1.22. The summed E-state index contributed by atoms with van der Waals surface area (Å²) in [5, 5.41) is 19.7. The van der Waals surface area contributed by atoms with Gasteiger partial charge in [-0.15, -0.1) is 0 Å². The summed E-state index contributed by atoms with van der Waals surface area (Å²) in [6.07, 6.45) is 3.92. The molecule has 0 aliphatic rings. The van der Waals surface area contributed by atoms with Gasteiger partial charge in [0, 0.05) is 23.9 Å². The van der Waals surface area contributed by atoms with Crippen LogP contribution in [0.4, 0.5) is 0 Å². The quantitative estimate of drug-likeness (QED) is 0.667. The number of aliphatic hydroxyl groups excluding tert-OH is 1. The summed E-state index contributed by atoms with van der Waals surface area (Å²) in [5.41, 5.74) is 2.35. The van der Waals surface area contributed by atoms with Crippen molar-refractivity contribution >= 4 is 0 Å². The Balaban J connectivity index is 2.44. The lowest BCUT2D eigenvalue weighted by atomic mass is 9.94. The van der Waals surface area contributed by atoms with Crippen LogP contribution in [0.3, 0.4) is 0 Å². The third-order valence-corrected chi connectivity index (χ3v) is 3.39. The fraction of sp³-hybridized carbons (Fsp3) is 0.786. The zero-order chi connectivity index (χ0) is 13.5. The summed E-state index contributed by atoms with van der Waals surface area (Å²) in [4.78, 5) is 0. The predicted molar refractivity (Wildman–Crippen MR) is 74.4 cm³/mol. The van der Waals surface area contributed by atoms with Crippen LogP contribution in [0.1, 0.15) is 50.9 Å². The van der Waals surface area contributed by atoms with E-state index in [9.17, 15) is 0 Å². The highest BCUT2D eigenvalue weighted by Crippen LogP contribution is 2.18. The molecule has 0 bridgehead atoms. The molecule has 0 aliphatic heterocycles. The van der Waals surface area contributed by atoms with Gasteiger partial charge in [-0.3, -0.25) is 5.10 Å². The molecule has 0 saturated heterocycles. The van der Waals surface area contributed by atoms with E-state index in [4.69, 9.17) is 5.11 Å². The van der Waals surface area contributed by atoms with Crippen LogP contribution in [0.2, 0.25) is 0 Å². The molecule has 18 heavy (non-hydrogen) atoms. The highest BCUT2D eigenvalue weighted by Gasteiger charge is 2.14. The maximum absolute atomic E-state index is 9.10. The van der Waals surface area contributed by atoms with Crippen molar-refractivity contribution in [2.75, 3.05) is 13.2 Å². The largest absolute Gasteiger partial charge is 0.396 e. The first-order valence-electron chi connectivity index (χ1n) is 6.88. The van der Waals surface area contributed by atoms with Crippen molar-refractivity contribution in [3.63, 3.8) is 0 Å². The van der Waals surface area contributed by atoms with E-state index in [2.05, 4.69) is 36.3 Å². The van der Waals surface area contributed by atoms with Crippen molar-refractivity contribution in [2.24, 2.45) is 11.8 Å². The van der Waals surface area contributed by atoms with Gasteiger partial charge in [-0.25, -0.2) is 0 Å². The lowest BCUT2D eigenvalue weighted by Gasteiger charge is -2.21. The number of nitrogens with one attached hydrogen (secondary N) is 2. The minimum absolute atomic E-state index is 0.276. The molecule has 0 radical (unpaired) electrons. The van der Waals surface area contributed by atoms with Gasteiger partial charge in [0.05, 0.1) is 6.20 Å². The molecule has 0 aromatic carbocycles. The van der Waals surface area contributed by atoms with Crippen LogP contribution >= 0.6 is 0 Å². The summed E-state index contributed by atoms with van der Waals surface area (Å²) in [6.45, 7) is 9.88. The first-order valence-corrected chi connectivity index (χ1v) is 6.88. The highest BCUT2D eigenvalue weighted by atomic mass is 16.3. The van der Waals surface area contributed by atoms with Crippen LogP contribution in [0.25, 0.3) is 0 Å². The molecule has 0 fully saturated rings. The predicted octanol–water partition coefficient (Wildman–Crippen LogP) is 2.41. The molecule has 0 saturated carbocycles. The molecule has 2 unspecified atom stereocenters. The number of rotatable bonds is 8. The van der Waals surface area contributed by atoms with Gasteiger partial charge in [0.1, 0.15) is 0 Å². The Morgan fingerprint density at radius 3 is 2.61 bits per heavy atom. The molecule has 104 valence electrons. The van der Waals surface area contributed by atoms with E-state index in [0.29, 0.717) is 17.9 Å². The third kappa shape index (κ3) is 4.78. The van der Waals surface area contributed by atoms with Crippen molar-refractivity contribution in [3.8, 4) is 0 Å². The minimum atomic E-state index is 0.276. The van der Waals surface area contributed by atoms with Gasteiger partial charge in [0.25, 0.3) is 0 Å². The molecule has 0 amide bonds. The van der Waals surface area contributed by atoms with E-state index < -0.39 is 0 Å². The second kappa shape index (κ2) is 7.54. The number of aliphatic hydroxyl groups is 1. The molecule has 1 aromatic rings. The summed E-state index contributed by atoms with van der Waals surface area (Å²) < 4.78 is 0. The topological polar surface area (TPSA) is 60.9 Å². The molecular weight excluding hydrogens is 226 g/mol. The Morgan fingerprint density at radius 1 is 1.39 bits per heavy atom. The number of aromatic nitrogens is 2. The second-order valence-corrected chi connectivity index (χ2v) is 5.59. The van der Waals surface area contributed by atoms with E-state index in [1.54, 1.807) is 0 Å². The van der Waals surface area contributed by atoms with E-state index >= 15 is 0 Å². The zero-order valence-electron chi connectivity index (χ0n) is 12.0. The monoisotopic (exact) mass is 253 g/mol. The molecule has 0 aliphatic carbocycles. The maximum Gasteiger partial charge on any atom is 0.0537 e. The molecule has 1 heterocycles. The number of hydrogen-bond acceptors (Lipinski definition) is 3. The van der Waals surface area contributed by atoms with E-state index in [1.165, 1.54) is 5.56 Å². The van der Waals surface area contributed by atoms with Crippen LogP contribution in [0.15, 0.2) is 6.20 Å². The third-order valence-electron chi connectivity index (χ3n) is 3.39. The standard InChI is InChI=1S/C14H27N3O/c1-10(2)7-13(5-6-18)8-15-11(3)14-9-16-17-12(14)4/h9-11,13,15,18H,5-8H2,1-4H3,(H,16,17). The van der Waals surface area contributed by atoms with Crippen LogP contribution < -0.4 is 5.32 Å².